The smallest absolute Gasteiger partial charge is 0.137 e. The van der Waals surface area contributed by atoms with Gasteiger partial charge in [-0.1, -0.05) is 26.8 Å². The Kier molecular flexibility index (Phi) is 4.02. The summed E-state index contributed by atoms with van der Waals surface area (Å²) in [4.78, 5) is 10.3. The number of nitrogens with zero attached hydrogens (tertiary/aromatic N) is 2. The summed E-state index contributed by atoms with van der Waals surface area (Å²) in [6.07, 6.45) is 0. The van der Waals surface area contributed by atoms with Crippen LogP contribution in [-0.2, 0) is 12.0 Å². The van der Waals surface area contributed by atoms with Crippen molar-refractivity contribution < 1.29 is 0 Å². The third kappa shape index (κ3) is 3.53. The van der Waals surface area contributed by atoms with Gasteiger partial charge in [0.05, 0.1) is 6.54 Å². The van der Waals surface area contributed by atoms with E-state index in [4.69, 9.17) is 0 Å². The third-order valence-corrected chi connectivity index (χ3v) is 3.67. The van der Waals surface area contributed by atoms with E-state index in [-0.39, 0.29) is 5.41 Å². The molecule has 0 unspecified atom stereocenters. The molecule has 0 saturated heterocycles. The van der Waals surface area contributed by atoms with Crippen molar-refractivity contribution in [3.63, 3.8) is 0 Å². The van der Waals surface area contributed by atoms with Crippen molar-refractivity contribution in [2.75, 3.05) is 5.32 Å². The lowest BCUT2D eigenvalue weighted by Crippen LogP contribution is -2.17. The zero-order valence-corrected chi connectivity index (χ0v) is 13.1. The average molecular weight is 326 g/mol. The van der Waals surface area contributed by atoms with E-state index in [2.05, 4.69) is 69.5 Å². The fraction of sp³-hybridized carbons (Fsp3) is 0.385. The number of anilines is 1. The molecule has 5 heteroatoms. The number of nitrogens with one attached hydrogen (secondary N) is 1. The molecule has 0 radical (unpaired) electrons. The second kappa shape index (κ2) is 5.36. The number of halogens is 1. The normalized spacial score (nSPS) is 11.6. The first-order chi connectivity index (χ1) is 8.45. The van der Waals surface area contributed by atoms with Gasteiger partial charge in [0.25, 0.3) is 0 Å². The van der Waals surface area contributed by atoms with Gasteiger partial charge in [-0.2, -0.15) is 0 Å². The summed E-state index contributed by atoms with van der Waals surface area (Å²) < 4.78 is 0.816. The topological polar surface area (TPSA) is 37.8 Å². The lowest BCUT2D eigenvalue weighted by atomic mass is 9.96. The maximum atomic E-state index is 4.56. The molecule has 0 saturated carbocycles. The Labute approximate surface area is 120 Å². The van der Waals surface area contributed by atoms with Crippen molar-refractivity contribution in [1.82, 2.24) is 9.97 Å². The standard InChI is InChI=1S/C13H16BrN3S/c1-13(2,3)12-16-10(14)7-11(17-12)15-8-9-5-4-6-18-9/h4-7H,8H2,1-3H3,(H,15,16,17). The second-order valence-corrected chi connectivity index (χ2v) is 6.93. The first-order valence-corrected chi connectivity index (χ1v) is 7.44. The molecule has 0 spiro atoms. The van der Waals surface area contributed by atoms with Gasteiger partial charge in [0, 0.05) is 16.4 Å². The van der Waals surface area contributed by atoms with Crippen LogP contribution in [0.25, 0.3) is 0 Å². The van der Waals surface area contributed by atoms with Crippen molar-refractivity contribution in [1.29, 1.82) is 0 Å². The quantitative estimate of drug-likeness (QED) is 0.859. The van der Waals surface area contributed by atoms with E-state index in [1.165, 1.54) is 4.88 Å². The monoisotopic (exact) mass is 325 g/mol. The molecule has 1 N–H and O–H groups in total. The minimum absolute atomic E-state index is 0.0524. The van der Waals surface area contributed by atoms with Crippen LogP contribution >= 0.6 is 27.3 Å². The molecule has 0 aliphatic rings. The van der Waals surface area contributed by atoms with Gasteiger partial charge in [-0.15, -0.1) is 11.3 Å². The molecule has 2 aromatic rings. The summed E-state index contributed by atoms with van der Waals surface area (Å²) in [5.74, 6) is 1.70. The maximum absolute atomic E-state index is 4.56. The highest BCUT2D eigenvalue weighted by Gasteiger charge is 2.18. The maximum Gasteiger partial charge on any atom is 0.137 e. The van der Waals surface area contributed by atoms with E-state index in [9.17, 15) is 0 Å². The van der Waals surface area contributed by atoms with Crippen LogP contribution < -0.4 is 5.32 Å². The molecule has 3 nitrogen and oxygen atoms in total. The van der Waals surface area contributed by atoms with Crippen LogP contribution in [0.2, 0.25) is 0 Å². The van der Waals surface area contributed by atoms with Crippen LogP contribution in [0.3, 0.4) is 0 Å². The molecule has 0 amide bonds. The first-order valence-electron chi connectivity index (χ1n) is 5.76. The number of thiophene rings is 1. The molecular formula is C13H16BrN3S. The Bertz CT molecular complexity index is 518. The predicted molar refractivity (Wildman–Crippen MR) is 80.1 cm³/mol. The van der Waals surface area contributed by atoms with E-state index >= 15 is 0 Å². The zero-order chi connectivity index (χ0) is 13.2. The molecule has 0 aliphatic carbocycles. The van der Waals surface area contributed by atoms with Gasteiger partial charge in [0.15, 0.2) is 0 Å². The molecule has 2 aromatic heterocycles. The van der Waals surface area contributed by atoms with E-state index < -0.39 is 0 Å². The Morgan fingerprint density at radius 3 is 2.72 bits per heavy atom. The average Bonchev–Trinajstić information content (AvgIpc) is 2.77. The van der Waals surface area contributed by atoms with E-state index in [0.29, 0.717) is 0 Å². The second-order valence-electron chi connectivity index (χ2n) is 5.08. The molecule has 0 aliphatic heterocycles. The number of aromatic nitrogens is 2. The summed E-state index contributed by atoms with van der Waals surface area (Å²) in [5, 5.41) is 5.41. The summed E-state index contributed by atoms with van der Waals surface area (Å²) in [6, 6.07) is 6.07. The highest BCUT2D eigenvalue weighted by atomic mass is 79.9. The Hall–Kier alpha value is -0.940. The first kappa shape index (κ1) is 13.5. The highest BCUT2D eigenvalue weighted by molar-refractivity contribution is 9.10. The molecule has 18 heavy (non-hydrogen) atoms. The minimum Gasteiger partial charge on any atom is -0.365 e. The minimum atomic E-state index is -0.0524. The van der Waals surface area contributed by atoms with Gasteiger partial charge in [-0.3, -0.25) is 0 Å². The zero-order valence-electron chi connectivity index (χ0n) is 10.7. The molecule has 2 rings (SSSR count). The van der Waals surface area contributed by atoms with Crippen LogP contribution in [0.5, 0.6) is 0 Å². The van der Waals surface area contributed by atoms with Crippen molar-refractivity contribution in [2.45, 2.75) is 32.7 Å². The summed E-state index contributed by atoms with van der Waals surface area (Å²) in [5.41, 5.74) is -0.0524. The molecule has 0 bridgehead atoms. The van der Waals surface area contributed by atoms with E-state index in [1.807, 2.05) is 6.07 Å². The lowest BCUT2D eigenvalue weighted by molar-refractivity contribution is 0.544. The molecule has 0 atom stereocenters. The lowest BCUT2D eigenvalue weighted by Gasteiger charge is -2.17. The Morgan fingerprint density at radius 1 is 1.33 bits per heavy atom. The summed E-state index contributed by atoms with van der Waals surface area (Å²) in [6.45, 7) is 7.12. The molecule has 96 valence electrons. The van der Waals surface area contributed by atoms with Crippen LogP contribution in [0.1, 0.15) is 31.5 Å². The van der Waals surface area contributed by atoms with Crippen LogP contribution in [0, 0.1) is 0 Å². The SMILES string of the molecule is CC(C)(C)c1nc(Br)cc(NCc2cccs2)n1. The molecule has 0 fully saturated rings. The van der Waals surface area contributed by atoms with Crippen LogP contribution in [-0.4, -0.2) is 9.97 Å². The molecule has 2 heterocycles. The highest BCUT2D eigenvalue weighted by Crippen LogP contribution is 2.23. The third-order valence-electron chi connectivity index (χ3n) is 2.39. The predicted octanol–water partition coefficient (Wildman–Crippen LogP) is 4.21. The van der Waals surface area contributed by atoms with Gasteiger partial charge in [-0.25, -0.2) is 9.97 Å². The van der Waals surface area contributed by atoms with E-state index in [1.54, 1.807) is 11.3 Å². The van der Waals surface area contributed by atoms with Gasteiger partial charge in [0.2, 0.25) is 0 Å². The Balaban J connectivity index is 2.15. The van der Waals surface area contributed by atoms with Crippen molar-refractivity contribution in [2.24, 2.45) is 0 Å². The molecular weight excluding hydrogens is 310 g/mol. The summed E-state index contributed by atoms with van der Waals surface area (Å²) in [7, 11) is 0. The van der Waals surface area contributed by atoms with Gasteiger partial charge in [0.1, 0.15) is 16.2 Å². The summed E-state index contributed by atoms with van der Waals surface area (Å²) >= 11 is 5.17. The largest absolute Gasteiger partial charge is 0.365 e. The fourth-order valence-electron chi connectivity index (χ4n) is 1.43. The van der Waals surface area contributed by atoms with Crippen molar-refractivity contribution in [3.8, 4) is 0 Å². The number of rotatable bonds is 3. The van der Waals surface area contributed by atoms with Crippen molar-refractivity contribution in [3.05, 3.63) is 38.9 Å². The van der Waals surface area contributed by atoms with Crippen molar-refractivity contribution >= 4 is 33.1 Å². The fourth-order valence-corrected chi connectivity index (χ4v) is 2.46. The van der Waals surface area contributed by atoms with Crippen LogP contribution in [0.15, 0.2) is 28.2 Å². The van der Waals surface area contributed by atoms with Crippen LogP contribution in [0.4, 0.5) is 5.82 Å². The number of hydrogen-bond acceptors (Lipinski definition) is 4. The van der Waals surface area contributed by atoms with E-state index in [0.717, 1.165) is 22.8 Å². The Morgan fingerprint density at radius 2 is 2.11 bits per heavy atom. The van der Waals surface area contributed by atoms with Gasteiger partial charge < -0.3 is 5.32 Å². The molecule has 0 aromatic carbocycles. The number of hydrogen-bond donors (Lipinski definition) is 1. The van der Waals surface area contributed by atoms with Gasteiger partial charge in [-0.05, 0) is 27.4 Å². The van der Waals surface area contributed by atoms with Gasteiger partial charge >= 0.3 is 0 Å².